The summed E-state index contributed by atoms with van der Waals surface area (Å²) in [6.07, 6.45) is 7.03. The van der Waals surface area contributed by atoms with Crippen molar-refractivity contribution in [3.63, 3.8) is 0 Å². The van der Waals surface area contributed by atoms with Gasteiger partial charge < -0.3 is 15.1 Å². The van der Waals surface area contributed by atoms with E-state index in [0.29, 0.717) is 26.2 Å². The van der Waals surface area contributed by atoms with Crippen LogP contribution in [0.1, 0.15) is 31.4 Å². The molecule has 1 aromatic heterocycles. The zero-order valence-electron chi connectivity index (χ0n) is 16.1. The molecular weight excluding hydrogens is 342 g/mol. The molecule has 27 heavy (non-hydrogen) atoms. The maximum Gasteiger partial charge on any atom is 0.317 e. The second-order valence-corrected chi connectivity index (χ2v) is 7.36. The molecule has 2 aliphatic rings. The number of pyridine rings is 1. The van der Waals surface area contributed by atoms with Gasteiger partial charge in [0.05, 0.1) is 6.54 Å². The fraction of sp³-hybridized carbons (Fsp3) is 0.650. The molecule has 3 heterocycles. The summed E-state index contributed by atoms with van der Waals surface area (Å²) in [6.45, 7) is 5.84. The molecule has 0 saturated carbocycles. The molecule has 0 aromatic carbocycles. The van der Waals surface area contributed by atoms with E-state index in [9.17, 15) is 9.59 Å². The van der Waals surface area contributed by atoms with Gasteiger partial charge >= 0.3 is 6.03 Å². The fourth-order valence-corrected chi connectivity index (χ4v) is 3.67. The number of amides is 3. The number of carbonyl (C=O) groups excluding carboxylic acids is 2. The molecule has 1 N–H and O–H groups in total. The van der Waals surface area contributed by atoms with Crippen LogP contribution in [-0.2, 0) is 11.2 Å². The molecule has 0 atom stereocenters. The SMILES string of the molecule is O=C(CN1CCN(C(=O)NCCCc2ccccn2)CC1)N1CCCCC1. The first-order chi connectivity index (χ1) is 13.2. The van der Waals surface area contributed by atoms with E-state index >= 15 is 0 Å². The van der Waals surface area contributed by atoms with Crippen molar-refractivity contribution in [3.8, 4) is 0 Å². The van der Waals surface area contributed by atoms with Crippen molar-refractivity contribution in [1.82, 2.24) is 25.0 Å². The highest BCUT2D eigenvalue weighted by molar-refractivity contribution is 5.78. The zero-order chi connectivity index (χ0) is 18.9. The van der Waals surface area contributed by atoms with Crippen molar-refractivity contribution in [1.29, 1.82) is 0 Å². The van der Waals surface area contributed by atoms with Crippen molar-refractivity contribution >= 4 is 11.9 Å². The second kappa shape index (κ2) is 10.3. The number of rotatable bonds is 6. The van der Waals surface area contributed by atoms with Gasteiger partial charge in [0.25, 0.3) is 0 Å². The molecule has 1 aromatic rings. The molecule has 2 saturated heterocycles. The summed E-state index contributed by atoms with van der Waals surface area (Å²) < 4.78 is 0. The molecule has 148 valence electrons. The Morgan fingerprint density at radius 2 is 1.74 bits per heavy atom. The van der Waals surface area contributed by atoms with E-state index < -0.39 is 0 Å². The monoisotopic (exact) mass is 373 g/mol. The average molecular weight is 374 g/mol. The van der Waals surface area contributed by atoms with Crippen LogP contribution in [0, 0.1) is 0 Å². The summed E-state index contributed by atoms with van der Waals surface area (Å²) in [5.41, 5.74) is 1.05. The molecule has 3 amide bonds. The Morgan fingerprint density at radius 3 is 2.44 bits per heavy atom. The maximum absolute atomic E-state index is 12.4. The van der Waals surface area contributed by atoms with Gasteiger partial charge in [0, 0.05) is 57.7 Å². The van der Waals surface area contributed by atoms with Gasteiger partial charge in [-0.25, -0.2) is 4.79 Å². The lowest BCUT2D eigenvalue weighted by Crippen LogP contribution is -2.54. The van der Waals surface area contributed by atoms with Gasteiger partial charge in [0.1, 0.15) is 0 Å². The third-order valence-electron chi connectivity index (χ3n) is 5.34. The Balaban J connectivity index is 1.30. The summed E-state index contributed by atoms with van der Waals surface area (Å²) in [7, 11) is 0. The smallest absolute Gasteiger partial charge is 0.317 e. The molecule has 7 nitrogen and oxygen atoms in total. The van der Waals surface area contributed by atoms with E-state index in [2.05, 4.69) is 15.2 Å². The fourth-order valence-electron chi connectivity index (χ4n) is 3.67. The summed E-state index contributed by atoms with van der Waals surface area (Å²) in [5, 5.41) is 3.00. The topological polar surface area (TPSA) is 68.8 Å². The first-order valence-corrected chi connectivity index (χ1v) is 10.2. The van der Waals surface area contributed by atoms with E-state index in [4.69, 9.17) is 0 Å². The van der Waals surface area contributed by atoms with E-state index in [1.807, 2.05) is 28.0 Å². The van der Waals surface area contributed by atoms with Gasteiger partial charge in [0.2, 0.25) is 5.91 Å². The number of aromatic nitrogens is 1. The minimum atomic E-state index is -0.00183. The van der Waals surface area contributed by atoms with Crippen LogP contribution in [-0.4, -0.2) is 84.0 Å². The summed E-state index contributed by atoms with van der Waals surface area (Å²) in [5.74, 6) is 0.238. The number of carbonyl (C=O) groups is 2. The number of hydrogen-bond acceptors (Lipinski definition) is 4. The van der Waals surface area contributed by atoms with Crippen molar-refractivity contribution in [2.45, 2.75) is 32.1 Å². The van der Waals surface area contributed by atoms with Crippen LogP contribution in [0.15, 0.2) is 24.4 Å². The number of likely N-dealkylation sites (tertiary alicyclic amines) is 1. The van der Waals surface area contributed by atoms with Crippen molar-refractivity contribution < 1.29 is 9.59 Å². The lowest BCUT2D eigenvalue weighted by molar-refractivity contribution is -0.133. The number of hydrogen-bond donors (Lipinski definition) is 1. The largest absolute Gasteiger partial charge is 0.342 e. The van der Waals surface area contributed by atoms with Crippen molar-refractivity contribution in [2.24, 2.45) is 0 Å². The molecule has 7 heteroatoms. The van der Waals surface area contributed by atoms with Gasteiger partial charge in [0.15, 0.2) is 0 Å². The molecule has 0 aliphatic carbocycles. The number of aryl methyl sites for hydroxylation is 1. The van der Waals surface area contributed by atoms with Gasteiger partial charge in [-0.2, -0.15) is 0 Å². The molecule has 0 bridgehead atoms. The first kappa shape index (κ1) is 19.6. The number of piperidine rings is 1. The van der Waals surface area contributed by atoms with E-state index in [0.717, 1.165) is 57.6 Å². The predicted molar refractivity (Wildman–Crippen MR) is 104 cm³/mol. The Hall–Kier alpha value is -2.15. The highest BCUT2D eigenvalue weighted by atomic mass is 16.2. The molecule has 0 radical (unpaired) electrons. The maximum atomic E-state index is 12.4. The van der Waals surface area contributed by atoms with Gasteiger partial charge in [-0.15, -0.1) is 0 Å². The lowest BCUT2D eigenvalue weighted by atomic mass is 10.1. The molecule has 2 aliphatic heterocycles. The zero-order valence-corrected chi connectivity index (χ0v) is 16.1. The van der Waals surface area contributed by atoms with Crippen LogP contribution >= 0.6 is 0 Å². The van der Waals surface area contributed by atoms with Crippen LogP contribution in [0.25, 0.3) is 0 Å². The molecular formula is C20H31N5O2. The van der Waals surface area contributed by atoms with E-state index in [1.54, 1.807) is 6.20 Å². The quantitative estimate of drug-likeness (QED) is 0.765. The molecule has 3 rings (SSSR count). The van der Waals surface area contributed by atoms with Gasteiger partial charge in [-0.3, -0.25) is 14.7 Å². The first-order valence-electron chi connectivity index (χ1n) is 10.2. The summed E-state index contributed by atoms with van der Waals surface area (Å²) in [4.78, 5) is 35.0. The Bertz CT molecular complexity index is 596. The summed E-state index contributed by atoms with van der Waals surface area (Å²) in [6, 6.07) is 5.89. The van der Waals surface area contributed by atoms with Crippen LogP contribution in [0.5, 0.6) is 0 Å². The van der Waals surface area contributed by atoms with Gasteiger partial charge in [-0.05, 0) is 44.2 Å². The highest BCUT2D eigenvalue weighted by Gasteiger charge is 2.24. The normalized spacial score (nSPS) is 18.4. The molecule has 2 fully saturated rings. The average Bonchev–Trinajstić information content (AvgIpc) is 2.73. The Kier molecular flexibility index (Phi) is 7.45. The number of urea groups is 1. The lowest BCUT2D eigenvalue weighted by Gasteiger charge is -2.36. The highest BCUT2D eigenvalue weighted by Crippen LogP contribution is 2.10. The predicted octanol–water partition coefficient (Wildman–Crippen LogP) is 1.35. The standard InChI is InChI=1S/C20H31N5O2/c26-19(24-11-4-1-5-12-24)17-23-13-15-25(16-14-23)20(27)22-10-6-8-18-7-2-3-9-21-18/h2-3,7,9H,1,4-6,8,10-17H2,(H,22,27). The molecule has 0 unspecified atom stereocenters. The number of nitrogens with one attached hydrogen (secondary N) is 1. The van der Waals surface area contributed by atoms with Crippen molar-refractivity contribution in [2.75, 3.05) is 52.4 Å². The third-order valence-corrected chi connectivity index (χ3v) is 5.34. The van der Waals surface area contributed by atoms with E-state index in [1.165, 1.54) is 6.42 Å². The third kappa shape index (κ3) is 6.20. The number of piperazine rings is 1. The Morgan fingerprint density at radius 1 is 0.963 bits per heavy atom. The summed E-state index contributed by atoms with van der Waals surface area (Å²) >= 11 is 0. The van der Waals surface area contributed by atoms with Crippen LogP contribution in [0.2, 0.25) is 0 Å². The van der Waals surface area contributed by atoms with Crippen molar-refractivity contribution in [3.05, 3.63) is 30.1 Å². The van der Waals surface area contributed by atoms with E-state index in [-0.39, 0.29) is 11.9 Å². The Labute approximate surface area is 161 Å². The van der Waals surface area contributed by atoms with Crippen LogP contribution in [0.4, 0.5) is 4.79 Å². The van der Waals surface area contributed by atoms with Gasteiger partial charge in [-0.1, -0.05) is 6.07 Å². The second-order valence-electron chi connectivity index (χ2n) is 7.36. The minimum absolute atomic E-state index is 0.00183. The number of nitrogens with zero attached hydrogens (tertiary/aromatic N) is 4. The van der Waals surface area contributed by atoms with Crippen LogP contribution in [0.3, 0.4) is 0 Å². The minimum Gasteiger partial charge on any atom is -0.342 e. The van der Waals surface area contributed by atoms with Crippen LogP contribution < -0.4 is 5.32 Å². The molecule has 0 spiro atoms.